The fourth-order valence-corrected chi connectivity index (χ4v) is 2.08. The van der Waals surface area contributed by atoms with E-state index in [2.05, 4.69) is 19.2 Å². The lowest BCUT2D eigenvalue weighted by atomic mass is 10.0. The Balaban J connectivity index is 0.00000289. The molecule has 108 valence electrons. The summed E-state index contributed by atoms with van der Waals surface area (Å²) in [5.41, 5.74) is -0.412. The van der Waals surface area contributed by atoms with Crippen molar-refractivity contribution in [2.45, 2.75) is 52.7 Å². The Morgan fingerprint density at radius 2 is 2.06 bits per heavy atom. The molecule has 1 heterocycles. The van der Waals surface area contributed by atoms with Crippen LogP contribution >= 0.6 is 12.4 Å². The van der Waals surface area contributed by atoms with Crippen LogP contribution in [0, 0.1) is 5.92 Å². The standard InChI is InChI=1S/C13H26N2O2.ClH/c1-10(2)8-11-9-14-6-7-15(11)12(16)17-13(3,4)5;/h10-11,14H,6-9H2,1-5H3;1H. The van der Waals surface area contributed by atoms with Crippen molar-refractivity contribution in [3.8, 4) is 0 Å². The van der Waals surface area contributed by atoms with Crippen molar-refractivity contribution in [3.05, 3.63) is 0 Å². The average Bonchev–Trinajstić information content (AvgIpc) is 2.14. The number of nitrogens with one attached hydrogen (secondary N) is 1. The lowest BCUT2D eigenvalue weighted by molar-refractivity contribution is 0.00989. The molecule has 0 aromatic rings. The summed E-state index contributed by atoms with van der Waals surface area (Å²) in [6.45, 7) is 12.6. The van der Waals surface area contributed by atoms with Crippen LogP contribution in [0.2, 0.25) is 0 Å². The second-order valence-corrected chi connectivity index (χ2v) is 6.16. The maximum Gasteiger partial charge on any atom is 0.410 e. The van der Waals surface area contributed by atoms with Gasteiger partial charge in [-0.2, -0.15) is 0 Å². The number of carbonyl (C=O) groups excluding carboxylic acids is 1. The van der Waals surface area contributed by atoms with Gasteiger partial charge in [0, 0.05) is 25.7 Å². The van der Waals surface area contributed by atoms with Crippen LogP contribution < -0.4 is 5.32 Å². The first kappa shape index (κ1) is 17.5. The van der Waals surface area contributed by atoms with Crippen LogP contribution in [0.25, 0.3) is 0 Å². The molecule has 4 nitrogen and oxygen atoms in total. The van der Waals surface area contributed by atoms with Gasteiger partial charge in [-0.05, 0) is 33.1 Å². The predicted octanol–water partition coefficient (Wildman–Crippen LogP) is 2.66. The monoisotopic (exact) mass is 278 g/mol. The summed E-state index contributed by atoms with van der Waals surface area (Å²) in [5, 5.41) is 3.34. The molecule has 1 atom stereocenters. The molecule has 0 aliphatic carbocycles. The van der Waals surface area contributed by atoms with Gasteiger partial charge >= 0.3 is 6.09 Å². The smallest absolute Gasteiger partial charge is 0.410 e. The Labute approximate surface area is 117 Å². The number of carbonyl (C=O) groups is 1. The number of amides is 1. The molecular weight excluding hydrogens is 252 g/mol. The van der Waals surface area contributed by atoms with E-state index in [0.29, 0.717) is 5.92 Å². The van der Waals surface area contributed by atoms with Crippen molar-refractivity contribution in [3.63, 3.8) is 0 Å². The summed E-state index contributed by atoms with van der Waals surface area (Å²) in [6.07, 6.45) is 0.844. The molecule has 1 saturated heterocycles. The molecule has 0 bridgehead atoms. The van der Waals surface area contributed by atoms with Crippen LogP contribution in [0.3, 0.4) is 0 Å². The van der Waals surface area contributed by atoms with Gasteiger partial charge in [0.05, 0.1) is 0 Å². The number of rotatable bonds is 2. The summed E-state index contributed by atoms with van der Waals surface area (Å²) in [7, 11) is 0. The fourth-order valence-electron chi connectivity index (χ4n) is 2.08. The highest BCUT2D eigenvalue weighted by molar-refractivity contribution is 5.85. The second-order valence-electron chi connectivity index (χ2n) is 6.16. The summed E-state index contributed by atoms with van der Waals surface area (Å²) < 4.78 is 5.45. The molecule has 1 aliphatic heterocycles. The normalized spacial score (nSPS) is 20.6. The van der Waals surface area contributed by atoms with Crippen LogP contribution in [-0.2, 0) is 4.74 Å². The van der Waals surface area contributed by atoms with Gasteiger partial charge in [0.2, 0.25) is 0 Å². The van der Waals surface area contributed by atoms with Gasteiger partial charge in [-0.25, -0.2) is 4.79 Å². The lowest BCUT2D eigenvalue weighted by Crippen LogP contribution is -2.55. The van der Waals surface area contributed by atoms with Crippen LogP contribution in [0.4, 0.5) is 4.79 Å². The molecule has 0 radical (unpaired) electrons. The number of ether oxygens (including phenoxy) is 1. The molecule has 1 aliphatic rings. The molecule has 1 fully saturated rings. The first-order chi connectivity index (χ1) is 7.79. The van der Waals surface area contributed by atoms with Gasteiger partial charge in [0.15, 0.2) is 0 Å². The van der Waals surface area contributed by atoms with Gasteiger partial charge in [-0.1, -0.05) is 13.8 Å². The number of piperazine rings is 1. The Bertz CT molecular complexity index is 264. The quantitative estimate of drug-likeness (QED) is 0.844. The van der Waals surface area contributed by atoms with E-state index >= 15 is 0 Å². The third-order valence-corrected chi connectivity index (χ3v) is 2.72. The van der Waals surface area contributed by atoms with Gasteiger partial charge in [0.25, 0.3) is 0 Å². The van der Waals surface area contributed by atoms with Crippen molar-refractivity contribution < 1.29 is 9.53 Å². The van der Waals surface area contributed by atoms with Gasteiger partial charge < -0.3 is 15.0 Å². The average molecular weight is 279 g/mol. The lowest BCUT2D eigenvalue weighted by Gasteiger charge is -2.37. The zero-order chi connectivity index (χ0) is 13.1. The molecular formula is C13H27ClN2O2. The maximum atomic E-state index is 12.1. The van der Waals surface area contributed by atoms with E-state index < -0.39 is 5.60 Å². The van der Waals surface area contributed by atoms with Crippen LogP contribution in [0.15, 0.2) is 0 Å². The summed E-state index contributed by atoms with van der Waals surface area (Å²) >= 11 is 0. The first-order valence-corrected chi connectivity index (χ1v) is 6.50. The highest BCUT2D eigenvalue weighted by atomic mass is 35.5. The van der Waals surface area contributed by atoms with Crippen molar-refractivity contribution >= 4 is 18.5 Å². The SMILES string of the molecule is CC(C)CC1CNCCN1C(=O)OC(C)(C)C.Cl. The molecule has 1 amide bonds. The van der Waals surface area contributed by atoms with E-state index in [4.69, 9.17) is 4.74 Å². The van der Waals surface area contributed by atoms with E-state index in [1.807, 2.05) is 25.7 Å². The molecule has 0 aromatic heterocycles. The van der Waals surface area contributed by atoms with E-state index in [1.54, 1.807) is 0 Å². The minimum Gasteiger partial charge on any atom is -0.444 e. The zero-order valence-corrected chi connectivity index (χ0v) is 13.0. The fraction of sp³-hybridized carbons (Fsp3) is 0.923. The number of halogens is 1. The third kappa shape index (κ3) is 5.91. The van der Waals surface area contributed by atoms with Crippen LogP contribution in [0.5, 0.6) is 0 Å². The Morgan fingerprint density at radius 3 is 2.56 bits per heavy atom. The predicted molar refractivity (Wildman–Crippen MR) is 76.3 cm³/mol. The summed E-state index contributed by atoms with van der Waals surface area (Å²) in [6, 6.07) is 0.263. The Morgan fingerprint density at radius 1 is 1.44 bits per heavy atom. The number of hydrogen-bond donors (Lipinski definition) is 1. The Kier molecular flexibility index (Phi) is 7.00. The van der Waals surface area contributed by atoms with E-state index in [0.717, 1.165) is 26.1 Å². The molecule has 1 unspecified atom stereocenters. The summed E-state index contributed by atoms with van der Waals surface area (Å²) in [4.78, 5) is 14.0. The minimum atomic E-state index is -0.412. The van der Waals surface area contributed by atoms with Gasteiger partial charge in [-0.15, -0.1) is 12.4 Å². The maximum absolute atomic E-state index is 12.1. The molecule has 0 spiro atoms. The van der Waals surface area contributed by atoms with E-state index in [1.165, 1.54) is 0 Å². The third-order valence-electron chi connectivity index (χ3n) is 2.72. The molecule has 0 saturated carbocycles. The molecule has 18 heavy (non-hydrogen) atoms. The van der Waals surface area contributed by atoms with Crippen LogP contribution in [0.1, 0.15) is 41.0 Å². The van der Waals surface area contributed by atoms with Crippen molar-refractivity contribution in [2.75, 3.05) is 19.6 Å². The minimum absolute atomic E-state index is 0. The second kappa shape index (κ2) is 7.19. The van der Waals surface area contributed by atoms with Crippen molar-refractivity contribution in [1.82, 2.24) is 10.2 Å². The highest BCUT2D eigenvalue weighted by Crippen LogP contribution is 2.17. The topological polar surface area (TPSA) is 41.6 Å². The van der Waals surface area contributed by atoms with Crippen molar-refractivity contribution in [1.29, 1.82) is 0 Å². The molecule has 1 rings (SSSR count). The first-order valence-electron chi connectivity index (χ1n) is 6.50. The van der Waals surface area contributed by atoms with E-state index in [-0.39, 0.29) is 24.5 Å². The van der Waals surface area contributed by atoms with Crippen LogP contribution in [-0.4, -0.2) is 42.3 Å². The number of nitrogens with zero attached hydrogens (tertiary/aromatic N) is 1. The van der Waals surface area contributed by atoms with Gasteiger partial charge in [0.1, 0.15) is 5.60 Å². The highest BCUT2D eigenvalue weighted by Gasteiger charge is 2.30. The molecule has 0 aromatic carbocycles. The zero-order valence-electron chi connectivity index (χ0n) is 12.2. The Hall–Kier alpha value is -0.480. The van der Waals surface area contributed by atoms with Gasteiger partial charge in [-0.3, -0.25) is 0 Å². The molecule has 1 N–H and O–H groups in total. The largest absolute Gasteiger partial charge is 0.444 e. The summed E-state index contributed by atoms with van der Waals surface area (Å²) in [5.74, 6) is 0.588. The number of hydrogen-bond acceptors (Lipinski definition) is 3. The van der Waals surface area contributed by atoms with Crippen molar-refractivity contribution in [2.24, 2.45) is 5.92 Å². The van der Waals surface area contributed by atoms with E-state index in [9.17, 15) is 4.79 Å². The molecule has 5 heteroatoms.